The highest BCUT2D eigenvalue weighted by atomic mass is 16.5. The first-order valence-corrected chi connectivity index (χ1v) is 19.4. The molecule has 2 aromatic heterocycles. The Morgan fingerprint density at radius 2 is 1.53 bits per heavy atom. The Labute approximate surface area is 322 Å². The summed E-state index contributed by atoms with van der Waals surface area (Å²) in [7, 11) is 3.40. The molecular weight excluding hydrogens is 697 g/mol. The first kappa shape index (κ1) is 37.3. The lowest BCUT2D eigenvalue weighted by Crippen LogP contribution is -2.54. The molecule has 0 amide bonds. The van der Waals surface area contributed by atoms with Crippen molar-refractivity contribution in [2.45, 2.75) is 51.6 Å². The molecular formula is C42H52N8O5. The van der Waals surface area contributed by atoms with Gasteiger partial charge in [0.15, 0.2) is 11.6 Å². The third-order valence-electron chi connectivity index (χ3n) is 11.6. The summed E-state index contributed by atoms with van der Waals surface area (Å²) in [6.45, 7) is 12.1. The number of fused-ring (bicyclic) bond motifs is 2. The predicted molar refractivity (Wildman–Crippen MR) is 210 cm³/mol. The average Bonchev–Trinajstić information content (AvgIpc) is 3.78. The smallest absolute Gasteiger partial charge is 0.211 e. The minimum absolute atomic E-state index is 0.0525. The van der Waals surface area contributed by atoms with Crippen molar-refractivity contribution in [2.24, 2.45) is 5.92 Å². The monoisotopic (exact) mass is 748 g/mol. The highest BCUT2D eigenvalue weighted by molar-refractivity contribution is 6.37. The molecule has 2 aromatic carbocycles. The number of hydrogen-bond acceptors (Lipinski definition) is 12. The van der Waals surface area contributed by atoms with Gasteiger partial charge in [-0.15, -0.1) is 0 Å². The second-order valence-electron chi connectivity index (χ2n) is 15.3. The molecule has 13 heteroatoms. The number of morpholine rings is 1. The van der Waals surface area contributed by atoms with Gasteiger partial charge in [-0.3, -0.25) is 29.6 Å². The third-order valence-corrected chi connectivity index (χ3v) is 11.6. The normalized spacial score (nSPS) is 23.1. The Bertz CT molecular complexity index is 1990. The van der Waals surface area contributed by atoms with Crippen LogP contribution < -0.4 is 19.7 Å². The zero-order valence-electron chi connectivity index (χ0n) is 32.4. The Hall–Kier alpha value is -4.66. The molecule has 13 nitrogen and oxygen atoms in total. The van der Waals surface area contributed by atoms with E-state index in [2.05, 4.69) is 74.4 Å². The third kappa shape index (κ3) is 8.03. The van der Waals surface area contributed by atoms with E-state index in [0.29, 0.717) is 25.7 Å². The van der Waals surface area contributed by atoms with Crippen LogP contribution in [0, 0.1) is 5.92 Å². The van der Waals surface area contributed by atoms with Gasteiger partial charge in [0.25, 0.3) is 0 Å². The van der Waals surface area contributed by atoms with E-state index in [1.807, 2.05) is 28.8 Å². The van der Waals surface area contributed by atoms with Crippen molar-refractivity contribution in [3.63, 3.8) is 0 Å². The van der Waals surface area contributed by atoms with Gasteiger partial charge >= 0.3 is 0 Å². The number of anilines is 1. The number of carbonyl (C=O) groups is 2. The Balaban J connectivity index is 1.05. The largest absolute Gasteiger partial charge is 0.497 e. The maximum atomic E-state index is 12.0. The summed E-state index contributed by atoms with van der Waals surface area (Å²) in [6.07, 6.45) is 5.56. The number of aromatic nitrogens is 3. The zero-order valence-corrected chi connectivity index (χ0v) is 32.4. The molecule has 5 heterocycles. The van der Waals surface area contributed by atoms with Crippen molar-refractivity contribution >= 4 is 28.5 Å². The van der Waals surface area contributed by atoms with Gasteiger partial charge in [-0.1, -0.05) is 30.3 Å². The SMILES string of the molecule is COc1ccc(CN(Cc2ccc(OC)cc2)C23CC2C=C(c2cn4nc(CN5CCN(CC(=O)C(C)=O)CC5)cc4c(N4CCOCC4)n2)C(C)N3)cc1. The molecule has 8 rings (SSSR count). The van der Waals surface area contributed by atoms with Crippen molar-refractivity contribution < 1.29 is 23.8 Å². The molecule has 2 saturated heterocycles. The number of hydrogen-bond donors (Lipinski definition) is 1. The first-order chi connectivity index (χ1) is 26.7. The lowest BCUT2D eigenvalue weighted by molar-refractivity contribution is -0.136. The van der Waals surface area contributed by atoms with Crippen LogP contribution in [0.2, 0.25) is 0 Å². The van der Waals surface area contributed by atoms with Crippen LogP contribution in [0.25, 0.3) is 11.1 Å². The van der Waals surface area contributed by atoms with Crippen LogP contribution in [0.5, 0.6) is 11.5 Å². The molecule has 0 bridgehead atoms. The summed E-state index contributed by atoms with van der Waals surface area (Å²) in [5.74, 6) is 2.27. The van der Waals surface area contributed by atoms with Crippen LogP contribution in [-0.2, 0) is 34.0 Å². The van der Waals surface area contributed by atoms with Gasteiger partial charge in [0.2, 0.25) is 5.78 Å². The van der Waals surface area contributed by atoms with Crippen LogP contribution in [0.4, 0.5) is 5.82 Å². The fourth-order valence-electron chi connectivity index (χ4n) is 8.36. The Morgan fingerprint density at radius 1 is 0.909 bits per heavy atom. The van der Waals surface area contributed by atoms with Crippen LogP contribution in [0.1, 0.15) is 42.8 Å². The molecule has 3 atom stereocenters. The number of carbonyl (C=O) groups excluding carboxylic acids is 2. The molecule has 290 valence electrons. The molecule has 3 aliphatic heterocycles. The fraction of sp³-hybridized carbons (Fsp3) is 0.476. The van der Waals surface area contributed by atoms with Crippen LogP contribution in [-0.4, -0.2) is 126 Å². The van der Waals surface area contributed by atoms with Crippen molar-refractivity contribution in [2.75, 3.05) is 78.1 Å². The number of ether oxygens (including phenoxy) is 3. The molecule has 3 unspecified atom stereocenters. The Morgan fingerprint density at radius 3 is 2.13 bits per heavy atom. The second kappa shape index (κ2) is 15.8. The lowest BCUT2D eigenvalue weighted by atomic mass is 9.98. The number of rotatable bonds is 14. The lowest BCUT2D eigenvalue weighted by Gasteiger charge is -2.39. The molecule has 0 spiro atoms. The highest BCUT2D eigenvalue weighted by Crippen LogP contribution is 2.53. The van der Waals surface area contributed by atoms with E-state index in [1.165, 1.54) is 23.6 Å². The van der Waals surface area contributed by atoms with Gasteiger partial charge in [0.1, 0.15) is 17.0 Å². The highest BCUT2D eigenvalue weighted by Gasteiger charge is 2.59. The van der Waals surface area contributed by atoms with Crippen molar-refractivity contribution in [1.82, 2.24) is 34.6 Å². The molecule has 55 heavy (non-hydrogen) atoms. The van der Waals surface area contributed by atoms with E-state index in [9.17, 15) is 9.59 Å². The van der Waals surface area contributed by atoms with Gasteiger partial charge in [-0.25, -0.2) is 9.50 Å². The molecule has 1 saturated carbocycles. The maximum Gasteiger partial charge on any atom is 0.211 e. The minimum atomic E-state index is -0.377. The molecule has 3 fully saturated rings. The van der Waals surface area contributed by atoms with Crippen molar-refractivity contribution in [1.29, 1.82) is 0 Å². The minimum Gasteiger partial charge on any atom is -0.497 e. The standard InChI is InChI=1S/C42H52N8O5/c1-29-37(21-33-23-42(33,44-29)49(24-31-5-9-35(53-3)10-6-31)25-32-7-11-36(54-4)12-8-32)38-27-50-39(41(43-38)48-17-19-55-20-18-48)22-34(45-50)26-46-13-15-47(16-14-46)28-40(52)30(2)51/h5-12,21-22,27,29,33,44H,13-20,23-26,28H2,1-4H3. The quantitative estimate of drug-likeness (QED) is 0.190. The zero-order chi connectivity index (χ0) is 38.1. The number of nitrogens with zero attached hydrogens (tertiary/aromatic N) is 7. The van der Waals surface area contributed by atoms with E-state index in [-0.39, 0.29) is 29.8 Å². The number of nitrogens with one attached hydrogen (secondary N) is 1. The van der Waals surface area contributed by atoms with Gasteiger partial charge in [0, 0.05) is 77.8 Å². The van der Waals surface area contributed by atoms with Crippen LogP contribution in [0.3, 0.4) is 0 Å². The van der Waals surface area contributed by atoms with E-state index in [0.717, 1.165) is 93.0 Å². The number of methoxy groups -OCH3 is 2. The molecule has 4 aromatic rings. The molecule has 4 aliphatic rings. The van der Waals surface area contributed by atoms with Crippen molar-refractivity contribution in [3.8, 4) is 11.5 Å². The van der Waals surface area contributed by atoms with E-state index in [1.54, 1.807) is 14.2 Å². The molecule has 1 N–H and O–H groups in total. The van der Waals surface area contributed by atoms with Gasteiger partial charge < -0.3 is 19.1 Å². The molecule has 1 aliphatic carbocycles. The summed E-state index contributed by atoms with van der Waals surface area (Å²) < 4.78 is 18.6. The summed E-state index contributed by atoms with van der Waals surface area (Å²) >= 11 is 0. The predicted octanol–water partition coefficient (Wildman–Crippen LogP) is 3.65. The topological polar surface area (TPSA) is 117 Å². The first-order valence-electron chi connectivity index (χ1n) is 19.4. The average molecular weight is 749 g/mol. The van der Waals surface area contributed by atoms with Gasteiger partial charge in [0.05, 0.1) is 57.2 Å². The van der Waals surface area contributed by atoms with E-state index in [4.69, 9.17) is 24.3 Å². The van der Waals surface area contributed by atoms with Crippen LogP contribution in [0.15, 0.2) is 66.9 Å². The summed E-state index contributed by atoms with van der Waals surface area (Å²) in [4.78, 5) is 38.2. The maximum absolute atomic E-state index is 12.0. The van der Waals surface area contributed by atoms with Gasteiger partial charge in [-0.2, -0.15) is 5.10 Å². The second-order valence-corrected chi connectivity index (χ2v) is 15.3. The number of piperazine rings is 1. The van der Waals surface area contributed by atoms with Crippen LogP contribution >= 0.6 is 0 Å². The summed E-state index contributed by atoms with van der Waals surface area (Å²) in [5.41, 5.74) is 6.40. The van der Waals surface area contributed by atoms with Crippen molar-refractivity contribution in [3.05, 3.63) is 89.4 Å². The fourth-order valence-corrected chi connectivity index (χ4v) is 8.36. The summed E-state index contributed by atoms with van der Waals surface area (Å²) in [5, 5.41) is 9.20. The number of benzene rings is 2. The van der Waals surface area contributed by atoms with Gasteiger partial charge in [-0.05, 0) is 60.4 Å². The number of ketones is 2. The van der Waals surface area contributed by atoms with E-state index < -0.39 is 0 Å². The molecule has 0 radical (unpaired) electrons. The number of Topliss-reactive ketones (excluding diaryl/α,β-unsaturated/α-hetero) is 2. The summed E-state index contributed by atoms with van der Waals surface area (Å²) in [6, 6.07) is 19.0. The Kier molecular flexibility index (Phi) is 10.7. The van der Waals surface area contributed by atoms with E-state index >= 15 is 0 Å².